The van der Waals surface area contributed by atoms with Gasteiger partial charge in [-0.1, -0.05) is 0 Å². The van der Waals surface area contributed by atoms with Gasteiger partial charge in [-0.15, -0.1) is 0 Å². The second-order valence-electron chi connectivity index (χ2n) is 3.54. The Morgan fingerprint density at radius 1 is 1.42 bits per heavy atom. The van der Waals surface area contributed by atoms with Gasteiger partial charge >= 0.3 is 51.4 Å². The summed E-state index contributed by atoms with van der Waals surface area (Å²) < 4.78 is 4.69. The molecule has 0 saturated heterocycles. The number of carbonyl (C=O) groups excluding carboxylic acids is 1. The third-order valence-corrected chi connectivity index (χ3v) is 3.27. The molecule has 3 saturated carbocycles. The predicted octanol–water partition coefficient (Wildman–Crippen LogP) is -2.35. The standard InChI is InChI=1S/C9H9O2.K/c1-11-9(10)8-5-2-4-3-6(8)7(4)5;/h2-7H,1H3;/q-3;+1. The van der Waals surface area contributed by atoms with Gasteiger partial charge < -0.3 is 29.4 Å². The van der Waals surface area contributed by atoms with Gasteiger partial charge in [0.25, 0.3) is 0 Å². The average molecular weight is 188 g/mol. The Morgan fingerprint density at radius 3 is 2.33 bits per heavy atom. The Labute approximate surface area is 115 Å². The average Bonchev–Trinajstić information content (AvgIpc) is 2.02. The summed E-state index contributed by atoms with van der Waals surface area (Å²) in [6.45, 7) is 0. The molecule has 0 heterocycles. The fourth-order valence-electron chi connectivity index (χ4n) is 2.58. The molecule has 2 unspecified atom stereocenters. The maximum atomic E-state index is 11.1. The summed E-state index contributed by atoms with van der Waals surface area (Å²) in [5.74, 6) is 3.41. The van der Waals surface area contributed by atoms with Crippen molar-refractivity contribution in [2.24, 2.45) is 23.7 Å². The Kier molecular flexibility index (Phi) is 2.37. The smallest absolute Gasteiger partial charge is 0.491 e. The van der Waals surface area contributed by atoms with E-state index in [-0.39, 0.29) is 57.4 Å². The molecule has 0 radical (unpaired) electrons. The van der Waals surface area contributed by atoms with E-state index in [9.17, 15) is 4.79 Å². The van der Waals surface area contributed by atoms with Crippen molar-refractivity contribution in [3.05, 3.63) is 18.8 Å². The SMILES string of the molecule is COC(=O)[C-]1C2[CH-]C3[CH-]C1C32.[K+]. The molecule has 0 spiro atoms. The summed E-state index contributed by atoms with van der Waals surface area (Å²) in [6, 6.07) is 0. The van der Waals surface area contributed by atoms with Crippen molar-refractivity contribution in [1.82, 2.24) is 0 Å². The minimum absolute atomic E-state index is 0. The molecule has 3 heteroatoms. The van der Waals surface area contributed by atoms with Gasteiger partial charge in [0, 0.05) is 0 Å². The van der Waals surface area contributed by atoms with Crippen LogP contribution < -0.4 is 51.4 Å². The fraction of sp³-hybridized carbons (Fsp3) is 0.556. The molecule has 12 heavy (non-hydrogen) atoms. The van der Waals surface area contributed by atoms with E-state index in [0.29, 0.717) is 11.8 Å². The Balaban J connectivity index is 0.000000563. The Bertz CT molecular complexity index is 215. The van der Waals surface area contributed by atoms with Crippen LogP contribution in [0.4, 0.5) is 0 Å². The Morgan fingerprint density at radius 2 is 2.00 bits per heavy atom. The van der Waals surface area contributed by atoms with Crippen LogP contribution in [-0.2, 0) is 9.53 Å². The van der Waals surface area contributed by atoms with Crippen LogP contribution in [0.5, 0.6) is 0 Å². The van der Waals surface area contributed by atoms with Crippen LogP contribution >= 0.6 is 0 Å². The number of esters is 1. The maximum absolute atomic E-state index is 11.1. The molecule has 0 aliphatic heterocycles. The first-order chi connectivity index (χ1) is 5.33. The van der Waals surface area contributed by atoms with Gasteiger partial charge in [0.15, 0.2) is 5.97 Å². The molecule has 3 aliphatic carbocycles. The molecule has 2 atom stereocenters. The number of hydrogen-bond donors (Lipinski definition) is 0. The maximum Gasteiger partial charge on any atom is 1.00 e. The van der Waals surface area contributed by atoms with Crippen molar-refractivity contribution in [1.29, 1.82) is 0 Å². The molecule has 2 nitrogen and oxygen atoms in total. The van der Waals surface area contributed by atoms with Crippen molar-refractivity contribution in [2.45, 2.75) is 0 Å². The normalized spacial score (nSPS) is 45.6. The third-order valence-electron chi connectivity index (χ3n) is 3.27. The van der Waals surface area contributed by atoms with E-state index in [4.69, 9.17) is 0 Å². The molecule has 0 bridgehead atoms. The minimum Gasteiger partial charge on any atom is -0.491 e. The topological polar surface area (TPSA) is 26.3 Å². The van der Waals surface area contributed by atoms with Crippen LogP contribution in [0.3, 0.4) is 0 Å². The molecular formula is C9H9KO2-2. The zero-order chi connectivity index (χ0) is 7.59. The van der Waals surface area contributed by atoms with E-state index in [1.165, 1.54) is 7.11 Å². The summed E-state index contributed by atoms with van der Waals surface area (Å²) in [5.41, 5.74) is 0. The van der Waals surface area contributed by atoms with Crippen LogP contribution in [0.1, 0.15) is 0 Å². The largest absolute Gasteiger partial charge is 1.00 e. The van der Waals surface area contributed by atoms with Gasteiger partial charge in [0.2, 0.25) is 0 Å². The summed E-state index contributed by atoms with van der Waals surface area (Å²) in [7, 11) is 1.46. The van der Waals surface area contributed by atoms with E-state index < -0.39 is 0 Å². The summed E-state index contributed by atoms with van der Waals surface area (Å²) >= 11 is 0. The van der Waals surface area contributed by atoms with E-state index in [0.717, 1.165) is 17.8 Å². The predicted molar refractivity (Wildman–Crippen MR) is 37.8 cm³/mol. The molecule has 3 aliphatic rings. The number of carbonyl (C=O) groups is 1. The van der Waals surface area contributed by atoms with E-state index in [2.05, 4.69) is 17.6 Å². The first-order valence-electron chi connectivity index (χ1n) is 3.98. The minimum atomic E-state index is -0.0955. The van der Waals surface area contributed by atoms with Crippen LogP contribution in [0.2, 0.25) is 0 Å². The Hall–Kier alpha value is 0.976. The van der Waals surface area contributed by atoms with Crippen molar-refractivity contribution >= 4 is 5.97 Å². The second kappa shape index (κ2) is 2.99. The van der Waals surface area contributed by atoms with Gasteiger partial charge in [0.1, 0.15) is 0 Å². The van der Waals surface area contributed by atoms with Crippen LogP contribution in [0, 0.1) is 42.4 Å². The summed E-state index contributed by atoms with van der Waals surface area (Å²) in [5, 5.41) is 0. The van der Waals surface area contributed by atoms with Gasteiger partial charge in [-0.3, -0.25) is 16.6 Å². The quantitative estimate of drug-likeness (QED) is 0.262. The van der Waals surface area contributed by atoms with Crippen molar-refractivity contribution in [3.8, 4) is 0 Å². The molecule has 3 rings (SSSR count). The van der Waals surface area contributed by atoms with Crippen LogP contribution in [0.15, 0.2) is 0 Å². The number of hydrogen-bond acceptors (Lipinski definition) is 2. The third kappa shape index (κ3) is 0.893. The summed E-state index contributed by atoms with van der Waals surface area (Å²) in [4.78, 5) is 11.1. The zero-order valence-electron chi connectivity index (χ0n) is 7.28. The van der Waals surface area contributed by atoms with Crippen molar-refractivity contribution < 1.29 is 60.9 Å². The van der Waals surface area contributed by atoms with Gasteiger partial charge in [-0.05, 0) is 0 Å². The second-order valence-corrected chi connectivity index (χ2v) is 3.54. The molecule has 0 N–H and O–H groups in total. The molecule has 0 amide bonds. The molecule has 0 aromatic rings. The molecule has 3 fully saturated rings. The van der Waals surface area contributed by atoms with Crippen LogP contribution in [0.25, 0.3) is 0 Å². The number of ether oxygens (including phenoxy) is 1. The van der Waals surface area contributed by atoms with Crippen molar-refractivity contribution in [3.63, 3.8) is 0 Å². The first-order valence-corrected chi connectivity index (χ1v) is 3.98. The monoisotopic (exact) mass is 188 g/mol. The van der Waals surface area contributed by atoms with Gasteiger partial charge in [-0.25, -0.2) is 0 Å². The van der Waals surface area contributed by atoms with E-state index in [1.807, 2.05) is 0 Å². The van der Waals surface area contributed by atoms with Crippen LogP contribution in [-0.4, -0.2) is 13.1 Å². The van der Waals surface area contributed by atoms with E-state index in [1.54, 1.807) is 0 Å². The molecule has 0 aromatic carbocycles. The summed E-state index contributed by atoms with van der Waals surface area (Å²) in [6.07, 6.45) is 4.49. The van der Waals surface area contributed by atoms with Crippen molar-refractivity contribution in [2.75, 3.05) is 7.11 Å². The number of methoxy groups -OCH3 is 1. The molecular weight excluding hydrogens is 179 g/mol. The molecule has 0 aromatic heterocycles. The van der Waals surface area contributed by atoms with Gasteiger partial charge in [0.05, 0.1) is 7.11 Å². The van der Waals surface area contributed by atoms with Gasteiger partial charge in [-0.2, -0.15) is 5.92 Å². The zero-order valence-corrected chi connectivity index (χ0v) is 10.4. The van der Waals surface area contributed by atoms with E-state index >= 15 is 0 Å². The number of rotatable bonds is 1. The first kappa shape index (κ1) is 9.53. The fourth-order valence-corrected chi connectivity index (χ4v) is 2.58. The molecule has 60 valence electrons.